The number of hydrogen-bond acceptors (Lipinski definition) is 7. The molecule has 53 heavy (non-hydrogen) atoms. The lowest BCUT2D eigenvalue weighted by atomic mass is 9.48. The first-order valence-electron chi connectivity index (χ1n) is 19.2. The zero-order valence-electron chi connectivity index (χ0n) is 33.6. The van der Waals surface area contributed by atoms with Crippen LogP contribution in [0, 0.1) is 28.5 Å². The molecule has 4 aliphatic rings. The zero-order chi connectivity index (χ0) is 39.0. The van der Waals surface area contributed by atoms with Gasteiger partial charge in [-0.3, -0.25) is 9.69 Å². The molecule has 1 amide bonds. The highest BCUT2D eigenvalue weighted by atomic mass is 35.5. The molecule has 2 bridgehead atoms. The van der Waals surface area contributed by atoms with Gasteiger partial charge in [0.05, 0.1) is 12.9 Å². The third-order valence-electron chi connectivity index (χ3n) is 12.1. The van der Waals surface area contributed by atoms with Crippen molar-refractivity contribution in [3.05, 3.63) is 57.9 Å². The maximum Gasteiger partial charge on any atom is 0.238 e. The number of anilines is 1. The third kappa shape index (κ3) is 9.87. The lowest BCUT2D eigenvalue weighted by Crippen LogP contribution is -2.57. The monoisotopic (exact) mass is 775 g/mol. The van der Waals surface area contributed by atoms with Gasteiger partial charge in [0.1, 0.15) is 6.04 Å². The van der Waals surface area contributed by atoms with Gasteiger partial charge in [-0.15, -0.1) is 0 Å². The van der Waals surface area contributed by atoms with Gasteiger partial charge in [0.15, 0.2) is 11.6 Å². The quantitative estimate of drug-likeness (QED) is 0.206. The standard InChI is InChI=1S/C41H63ClFN5O4S/c1-40(2,3)15-13-32(25-45(6)7)47(26-34-35(42)11-12-37(52-10)38(34)43)23-27-17-28(19-33(18-27)46(8)9)24-48-36(14-16-53(48,50)51)39(49)44-31-21-29-20-30(22-31)41(29,4)5/h11-12,17-19,29-32,36H,13-16,20-26H2,1-10H3,(H,44,49). The third-order valence-corrected chi connectivity index (χ3v) is 14.3. The number of halogens is 2. The van der Waals surface area contributed by atoms with Crippen LogP contribution in [0.2, 0.25) is 5.02 Å². The summed E-state index contributed by atoms with van der Waals surface area (Å²) >= 11 is 6.67. The number of carbonyl (C=O) groups excluding carboxylic acids is 1. The summed E-state index contributed by atoms with van der Waals surface area (Å²) in [5.74, 6) is 0.648. The molecule has 1 heterocycles. The number of amides is 1. The Bertz CT molecular complexity index is 1720. The van der Waals surface area contributed by atoms with Crippen LogP contribution in [0.25, 0.3) is 0 Å². The number of nitrogens with one attached hydrogen (secondary N) is 1. The molecule has 3 aliphatic carbocycles. The van der Waals surface area contributed by atoms with Gasteiger partial charge in [-0.1, -0.05) is 52.3 Å². The Morgan fingerprint density at radius 2 is 1.72 bits per heavy atom. The van der Waals surface area contributed by atoms with E-state index in [1.54, 1.807) is 12.1 Å². The predicted molar refractivity (Wildman–Crippen MR) is 213 cm³/mol. The molecule has 1 N–H and O–H groups in total. The first-order chi connectivity index (χ1) is 24.7. The van der Waals surface area contributed by atoms with Gasteiger partial charge >= 0.3 is 0 Å². The van der Waals surface area contributed by atoms with Crippen LogP contribution >= 0.6 is 11.6 Å². The number of carbonyl (C=O) groups is 1. The van der Waals surface area contributed by atoms with Crippen molar-refractivity contribution in [2.24, 2.45) is 22.7 Å². The number of rotatable bonds is 15. The van der Waals surface area contributed by atoms with Crippen molar-refractivity contribution >= 4 is 33.2 Å². The second-order valence-electron chi connectivity index (χ2n) is 18.2. The molecule has 0 radical (unpaired) electrons. The summed E-state index contributed by atoms with van der Waals surface area (Å²) < 4.78 is 49.6. The number of sulfonamides is 1. The Balaban J connectivity index is 1.44. The van der Waals surface area contributed by atoms with Crippen LogP contribution in [-0.2, 0) is 34.5 Å². The molecule has 0 aromatic heterocycles. The number of nitrogens with zero attached hydrogens (tertiary/aromatic N) is 4. The normalized spacial score (nSPS) is 24.3. The van der Waals surface area contributed by atoms with Crippen LogP contribution in [0.4, 0.5) is 10.1 Å². The van der Waals surface area contributed by atoms with Crippen LogP contribution in [0.1, 0.15) is 89.8 Å². The lowest BCUT2D eigenvalue weighted by molar-refractivity contribution is -0.129. The van der Waals surface area contributed by atoms with E-state index in [2.05, 4.69) is 55.8 Å². The van der Waals surface area contributed by atoms with E-state index in [0.29, 0.717) is 34.4 Å². The Morgan fingerprint density at radius 3 is 2.30 bits per heavy atom. The van der Waals surface area contributed by atoms with Gasteiger partial charge < -0.3 is 19.9 Å². The molecule has 2 aromatic rings. The van der Waals surface area contributed by atoms with Crippen molar-refractivity contribution in [1.29, 1.82) is 0 Å². The van der Waals surface area contributed by atoms with Gasteiger partial charge in [-0.05, 0) is 111 Å². The average Bonchev–Trinajstić information content (AvgIpc) is 3.37. The molecule has 296 valence electrons. The molecule has 4 fully saturated rings. The van der Waals surface area contributed by atoms with Crippen LogP contribution < -0.4 is 15.0 Å². The molecule has 4 atom stereocenters. The van der Waals surface area contributed by atoms with Crippen molar-refractivity contribution in [2.45, 2.75) is 111 Å². The average molecular weight is 777 g/mol. The number of methoxy groups -OCH3 is 1. The fourth-order valence-electron chi connectivity index (χ4n) is 8.71. The zero-order valence-corrected chi connectivity index (χ0v) is 35.2. The predicted octanol–water partition coefficient (Wildman–Crippen LogP) is 7.16. The molecule has 4 unspecified atom stereocenters. The van der Waals surface area contributed by atoms with E-state index < -0.39 is 21.9 Å². The number of fused-ring (bicyclic) bond motifs is 2. The summed E-state index contributed by atoms with van der Waals surface area (Å²) in [4.78, 5) is 20.2. The van der Waals surface area contributed by atoms with Crippen LogP contribution in [0.15, 0.2) is 30.3 Å². The molecule has 3 saturated carbocycles. The largest absolute Gasteiger partial charge is 0.494 e. The number of hydrogen-bond donors (Lipinski definition) is 1. The fourth-order valence-corrected chi connectivity index (χ4v) is 10.6. The highest BCUT2D eigenvalue weighted by Crippen LogP contribution is 2.59. The van der Waals surface area contributed by atoms with Gasteiger partial charge in [-0.25, -0.2) is 12.8 Å². The molecule has 12 heteroatoms. The second-order valence-corrected chi connectivity index (χ2v) is 20.6. The molecule has 1 saturated heterocycles. The van der Waals surface area contributed by atoms with E-state index in [9.17, 15) is 13.2 Å². The van der Waals surface area contributed by atoms with Crippen molar-refractivity contribution in [2.75, 3.05) is 52.5 Å². The van der Waals surface area contributed by atoms with Gasteiger partial charge in [0.25, 0.3) is 0 Å². The summed E-state index contributed by atoms with van der Waals surface area (Å²) in [6.45, 7) is 12.9. The first kappa shape index (κ1) is 41.7. The molecule has 0 spiro atoms. The van der Waals surface area contributed by atoms with Crippen LogP contribution in [0.5, 0.6) is 5.75 Å². The summed E-state index contributed by atoms with van der Waals surface area (Å²) in [6, 6.07) is 8.79. The van der Waals surface area contributed by atoms with Crippen molar-refractivity contribution < 1.29 is 22.3 Å². The Morgan fingerprint density at radius 1 is 1.06 bits per heavy atom. The summed E-state index contributed by atoms with van der Waals surface area (Å²) in [5, 5.41) is 3.60. The smallest absolute Gasteiger partial charge is 0.238 e. The summed E-state index contributed by atoms with van der Waals surface area (Å²) in [5.41, 5.74) is 3.49. The van der Waals surface area contributed by atoms with E-state index in [1.165, 1.54) is 17.8 Å². The maximum atomic E-state index is 15.8. The topological polar surface area (TPSA) is 85.4 Å². The molecule has 6 rings (SSSR count). The Labute approximate surface area is 323 Å². The highest BCUT2D eigenvalue weighted by Gasteiger charge is 2.53. The molecule has 9 nitrogen and oxygen atoms in total. The number of likely N-dealkylation sites (N-methyl/N-ethyl adjacent to an activating group) is 1. The maximum absolute atomic E-state index is 15.8. The number of benzene rings is 2. The van der Waals surface area contributed by atoms with E-state index in [1.807, 2.05) is 45.2 Å². The van der Waals surface area contributed by atoms with Crippen molar-refractivity contribution in [3.8, 4) is 5.75 Å². The Kier molecular flexibility index (Phi) is 12.9. The fraction of sp³-hybridized carbons (Fsp3) is 0.683. The van der Waals surface area contributed by atoms with Gasteiger partial charge in [0.2, 0.25) is 15.9 Å². The summed E-state index contributed by atoms with van der Waals surface area (Å²) in [6.07, 6.45) is 5.26. The van der Waals surface area contributed by atoms with Crippen molar-refractivity contribution in [1.82, 2.24) is 19.4 Å². The van der Waals surface area contributed by atoms with Crippen LogP contribution in [-0.4, -0.2) is 94.2 Å². The second kappa shape index (κ2) is 16.3. The number of ether oxygens (including phenoxy) is 1. The molecule has 1 aliphatic heterocycles. The minimum absolute atomic E-state index is 0.0467. The minimum atomic E-state index is -3.64. The van der Waals surface area contributed by atoms with E-state index in [4.69, 9.17) is 16.3 Å². The first-order valence-corrected chi connectivity index (χ1v) is 21.2. The van der Waals surface area contributed by atoms with Gasteiger partial charge in [0, 0.05) is 68.6 Å². The SMILES string of the molecule is COc1ccc(Cl)c(CN(Cc2cc(CN3C(C(=O)NC4CC5CC(C4)C5(C)C)CCS3(=O)=O)cc(N(C)C)c2)C(CCC(C)(C)C)CN(C)C)c1F. The van der Waals surface area contributed by atoms with E-state index in [0.717, 1.165) is 49.0 Å². The van der Waals surface area contributed by atoms with Crippen LogP contribution in [0.3, 0.4) is 0 Å². The van der Waals surface area contributed by atoms with E-state index in [-0.39, 0.29) is 54.4 Å². The Hall–Kier alpha value is -2.44. The minimum Gasteiger partial charge on any atom is -0.494 e. The summed E-state index contributed by atoms with van der Waals surface area (Å²) in [7, 11) is 5.83. The van der Waals surface area contributed by atoms with E-state index >= 15 is 4.39 Å². The van der Waals surface area contributed by atoms with Crippen molar-refractivity contribution in [3.63, 3.8) is 0 Å². The molecular formula is C41H63ClFN5O4S. The lowest BCUT2D eigenvalue weighted by Gasteiger charge is -2.59. The molecular weight excluding hydrogens is 713 g/mol. The highest BCUT2D eigenvalue weighted by molar-refractivity contribution is 7.89. The van der Waals surface area contributed by atoms with Gasteiger partial charge in [-0.2, -0.15) is 4.31 Å². The molecule has 2 aromatic carbocycles.